The maximum Gasteiger partial charge on any atom is 0.264 e. The summed E-state index contributed by atoms with van der Waals surface area (Å²) in [5, 5.41) is 0. The van der Waals surface area contributed by atoms with Crippen molar-refractivity contribution in [1.82, 2.24) is 4.72 Å². The zero-order chi connectivity index (χ0) is 17.7. The molecule has 1 aliphatic rings. The van der Waals surface area contributed by atoms with E-state index in [2.05, 4.69) is 0 Å². The molecule has 2 rings (SSSR count). The molecule has 1 aromatic rings. The normalized spacial score (nSPS) is 19.7. The second-order valence-electron chi connectivity index (χ2n) is 5.51. The standard InChI is InChI=1S/C15H19F2NO5S/c1-10(23-9-11-4-2-3-7-22-11)15(19)18-24(20,21)12-5-6-13(16)14(17)8-12/h5-6,8,10-11H,2-4,7,9H2,1H3,(H,18,19). The molecule has 0 spiro atoms. The molecular weight excluding hydrogens is 344 g/mol. The number of rotatable bonds is 6. The molecule has 2 unspecified atom stereocenters. The second kappa shape index (κ2) is 8.00. The molecular formula is C15H19F2NO5S. The number of carbonyl (C=O) groups is 1. The van der Waals surface area contributed by atoms with E-state index in [-0.39, 0.29) is 12.7 Å². The van der Waals surface area contributed by atoms with Gasteiger partial charge in [0.15, 0.2) is 11.6 Å². The Hall–Kier alpha value is -1.58. The summed E-state index contributed by atoms with van der Waals surface area (Å²) in [7, 11) is -4.30. The number of ether oxygens (including phenoxy) is 2. The molecule has 0 radical (unpaired) electrons. The van der Waals surface area contributed by atoms with Crippen LogP contribution in [0, 0.1) is 11.6 Å². The molecule has 1 N–H and O–H groups in total. The summed E-state index contributed by atoms with van der Waals surface area (Å²) in [5.41, 5.74) is 0. The van der Waals surface area contributed by atoms with Gasteiger partial charge >= 0.3 is 0 Å². The summed E-state index contributed by atoms with van der Waals surface area (Å²) in [4.78, 5) is 11.4. The van der Waals surface area contributed by atoms with Crippen LogP contribution >= 0.6 is 0 Å². The van der Waals surface area contributed by atoms with Crippen LogP contribution in [0.4, 0.5) is 8.78 Å². The maximum atomic E-state index is 13.1. The van der Waals surface area contributed by atoms with Crippen LogP contribution in [0.15, 0.2) is 23.1 Å². The minimum atomic E-state index is -4.30. The molecule has 1 aromatic carbocycles. The summed E-state index contributed by atoms with van der Waals surface area (Å²) in [5.74, 6) is -3.39. The van der Waals surface area contributed by atoms with Crippen molar-refractivity contribution >= 4 is 15.9 Å². The van der Waals surface area contributed by atoms with Crippen LogP contribution in [-0.4, -0.2) is 39.7 Å². The fraction of sp³-hybridized carbons (Fsp3) is 0.533. The summed E-state index contributed by atoms with van der Waals surface area (Å²) in [6, 6.07) is 2.05. The number of carbonyl (C=O) groups excluding carboxylic acids is 1. The van der Waals surface area contributed by atoms with E-state index in [0.717, 1.165) is 25.3 Å². The SMILES string of the molecule is CC(OCC1CCCCO1)C(=O)NS(=O)(=O)c1ccc(F)c(F)c1. The first-order chi connectivity index (χ1) is 11.3. The lowest BCUT2D eigenvalue weighted by Crippen LogP contribution is -2.40. The fourth-order valence-corrected chi connectivity index (χ4v) is 3.24. The first-order valence-corrected chi connectivity index (χ1v) is 9.03. The topological polar surface area (TPSA) is 81.7 Å². The number of nitrogens with one attached hydrogen (secondary N) is 1. The number of sulfonamides is 1. The van der Waals surface area contributed by atoms with Crippen molar-refractivity contribution in [2.45, 2.75) is 43.3 Å². The molecule has 1 saturated heterocycles. The Kier molecular flexibility index (Phi) is 6.25. The zero-order valence-corrected chi connectivity index (χ0v) is 13.9. The van der Waals surface area contributed by atoms with Gasteiger partial charge in [0.2, 0.25) is 0 Å². The third-order valence-electron chi connectivity index (χ3n) is 3.61. The smallest absolute Gasteiger partial charge is 0.264 e. The summed E-state index contributed by atoms with van der Waals surface area (Å²) >= 11 is 0. The molecule has 0 bridgehead atoms. The van der Waals surface area contributed by atoms with Crippen molar-refractivity contribution in [1.29, 1.82) is 0 Å². The quantitative estimate of drug-likeness (QED) is 0.833. The average molecular weight is 363 g/mol. The van der Waals surface area contributed by atoms with Crippen molar-refractivity contribution < 1.29 is 31.5 Å². The number of hydrogen-bond donors (Lipinski definition) is 1. The van der Waals surface area contributed by atoms with Gasteiger partial charge in [0.1, 0.15) is 6.10 Å². The predicted octanol–water partition coefficient (Wildman–Crippen LogP) is 1.74. The molecule has 0 aromatic heterocycles. The van der Waals surface area contributed by atoms with Gasteiger partial charge < -0.3 is 9.47 Å². The maximum absolute atomic E-state index is 13.1. The van der Waals surface area contributed by atoms with Gasteiger partial charge in [0.25, 0.3) is 15.9 Å². The molecule has 9 heteroatoms. The van der Waals surface area contributed by atoms with Crippen molar-refractivity contribution in [3.8, 4) is 0 Å². The van der Waals surface area contributed by atoms with Gasteiger partial charge in [-0.05, 0) is 44.4 Å². The molecule has 1 heterocycles. The highest BCUT2D eigenvalue weighted by Gasteiger charge is 2.24. The highest BCUT2D eigenvalue weighted by Crippen LogP contribution is 2.15. The first-order valence-electron chi connectivity index (χ1n) is 7.54. The highest BCUT2D eigenvalue weighted by atomic mass is 32.2. The Balaban J connectivity index is 1.92. The number of amides is 1. The van der Waals surface area contributed by atoms with E-state index in [1.54, 1.807) is 4.72 Å². The molecule has 1 fully saturated rings. The minimum Gasteiger partial charge on any atom is -0.376 e. The van der Waals surface area contributed by atoms with E-state index in [4.69, 9.17) is 9.47 Å². The largest absolute Gasteiger partial charge is 0.376 e. The molecule has 6 nitrogen and oxygen atoms in total. The molecule has 134 valence electrons. The van der Waals surface area contributed by atoms with Crippen LogP contribution in [0.2, 0.25) is 0 Å². The Morgan fingerprint density at radius 2 is 2.12 bits per heavy atom. The lowest BCUT2D eigenvalue weighted by atomic mass is 10.1. The van der Waals surface area contributed by atoms with E-state index < -0.39 is 38.6 Å². The van der Waals surface area contributed by atoms with Gasteiger partial charge in [-0.1, -0.05) is 0 Å². The van der Waals surface area contributed by atoms with Crippen LogP contribution in [0.5, 0.6) is 0 Å². The van der Waals surface area contributed by atoms with Crippen LogP contribution in [0.25, 0.3) is 0 Å². The number of benzene rings is 1. The van der Waals surface area contributed by atoms with E-state index in [0.29, 0.717) is 18.7 Å². The molecule has 0 saturated carbocycles. The average Bonchev–Trinajstić information content (AvgIpc) is 2.55. The Bertz CT molecular complexity index is 689. The summed E-state index contributed by atoms with van der Waals surface area (Å²) < 4.78 is 62.6. The van der Waals surface area contributed by atoms with Gasteiger partial charge in [-0.3, -0.25) is 4.79 Å². The second-order valence-corrected chi connectivity index (χ2v) is 7.19. The molecule has 1 amide bonds. The highest BCUT2D eigenvalue weighted by molar-refractivity contribution is 7.90. The van der Waals surface area contributed by atoms with Gasteiger partial charge in [0.05, 0.1) is 17.6 Å². The molecule has 1 aliphatic heterocycles. The zero-order valence-electron chi connectivity index (χ0n) is 13.1. The predicted molar refractivity (Wildman–Crippen MR) is 80.7 cm³/mol. The fourth-order valence-electron chi connectivity index (χ4n) is 2.18. The summed E-state index contributed by atoms with van der Waals surface area (Å²) in [6.07, 6.45) is 1.67. The Morgan fingerprint density at radius 3 is 2.75 bits per heavy atom. The molecule has 0 aliphatic carbocycles. The van der Waals surface area contributed by atoms with E-state index in [9.17, 15) is 22.0 Å². The van der Waals surface area contributed by atoms with Gasteiger partial charge in [-0.25, -0.2) is 21.9 Å². The van der Waals surface area contributed by atoms with Crippen LogP contribution in [-0.2, 0) is 24.3 Å². The van der Waals surface area contributed by atoms with Crippen molar-refractivity contribution in [2.24, 2.45) is 0 Å². The molecule has 24 heavy (non-hydrogen) atoms. The monoisotopic (exact) mass is 363 g/mol. The summed E-state index contributed by atoms with van der Waals surface area (Å²) in [6.45, 7) is 2.22. The number of halogens is 2. The van der Waals surface area contributed by atoms with Gasteiger partial charge in [-0.2, -0.15) is 0 Å². The van der Waals surface area contributed by atoms with Crippen LogP contribution < -0.4 is 4.72 Å². The van der Waals surface area contributed by atoms with E-state index >= 15 is 0 Å². The van der Waals surface area contributed by atoms with Gasteiger partial charge in [0, 0.05) is 6.61 Å². The van der Waals surface area contributed by atoms with Crippen molar-refractivity contribution in [3.05, 3.63) is 29.8 Å². The van der Waals surface area contributed by atoms with Gasteiger partial charge in [-0.15, -0.1) is 0 Å². The van der Waals surface area contributed by atoms with Crippen LogP contribution in [0.3, 0.4) is 0 Å². The van der Waals surface area contributed by atoms with E-state index in [1.165, 1.54) is 6.92 Å². The number of hydrogen-bond acceptors (Lipinski definition) is 5. The molecule has 2 atom stereocenters. The van der Waals surface area contributed by atoms with E-state index in [1.807, 2.05) is 0 Å². The Morgan fingerprint density at radius 1 is 1.38 bits per heavy atom. The van der Waals surface area contributed by atoms with Crippen LogP contribution in [0.1, 0.15) is 26.2 Å². The Labute approximate surface area is 139 Å². The lowest BCUT2D eigenvalue weighted by molar-refractivity contribution is -0.133. The third-order valence-corrected chi connectivity index (χ3v) is 4.96. The minimum absolute atomic E-state index is 0.114. The third kappa shape index (κ3) is 4.96. The first kappa shape index (κ1) is 18.8. The van der Waals surface area contributed by atoms with Crippen molar-refractivity contribution in [3.63, 3.8) is 0 Å². The lowest BCUT2D eigenvalue weighted by Gasteiger charge is -2.23. The van der Waals surface area contributed by atoms with Crippen molar-refractivity contribution in [2.75, 3.05) is 13.2 Å².